The average molecular weight is 821 g/mol. The molecule has 4 nitrogen and oxygen atoms in total. The van der Waals surface area contributed by atoms with E-state index >= 15 is 0 Å². The van der Waals surface area contributed by atoms with Gasteiger partial charge in [0.05, 0.1) is 22.4 Å². The Kier molecular flexibility index (Phi) is 8.58. The van der Waals surface area contributed by atoms with Crippen LogP contribution in [-0.4, -0.2) is 9.97 Å². The van der Waals surface area contributed by atoms with Gasteiger partial charge >= 0.3 is 0 Å². The Labute approximate surface area is 373 Å². The summed E-state index contributed by atoms with van der Waals surface area (Å²) in [5, 5.41) is 6.86. The van der Waals surface area contributed by atoms with Crippen LogP contribution in [0.2, 0.25) is 0 Å². The summed E-state index contributed by atoms with van der Waals surface area (Å²) in [5.41, 5.74) is 19.1. The number of allylic oxidation sites excluding steroid dienone is 4. The lowest BCUT2D eigenvalue weighted by Gasteiger charge is -2.31. The van der Waals surface area contributed by atoms with E-state index < -0.39 is 0 Å². The molecule has 13 rings (SSSR count). The highest BCUT2D eigenvalue weighted by Gasteiger charge is 2.28. The quantitative estimate of drug-likeness (QED) is 0.166. The molecule has 4 heteroatoms. The third-order valence-electron chi connectivity index (χ3n) is 13.8. The van der Waals surface area contributed by atoms with Crippen molar-refractivity contribution in [2.24, 2.45) is 0 Å². The van der Waals surface area contributed by atoms with Crippen molar-refractivity contribution >= 4 is 71.8 Å². The third kappa shape index (κ3) is 5.97. The number of anilines is 5. The summed E-state index contributed by atoms with van der Waals surface area (Å²) in [5.74, 6) is 0. The van der Waals surface area contributed by atoms with Gasteiger partial charge in [-0.2, -0.15) is 0 Å². The summed E-state index contributed by atoms with van der Waals surface area (Å²) in [6, 6.07) is 67.0. The summed E-state index contributed by atoms with van der Waals surface area (Å²) < 4.78 is 0. The molecule has 10 aromatic rings. The second-order valence-corrected chi connectivity index (χ2v) is 17.5. The predicted octanol–water partition coefficient (Wildman–Crippen LogP) is 15.7. The molecule has 0 fully saturated rings. The molecule has 0 unspecified atom stereocenters. The Bertz CT molecular complexity index is 3550. The molecule has 2 aromatic heterocycles. The standard InChI is InChI=1S/C60H44N4/c1-7-19-51-39(13-1)29-35-53(61-51)59-47-33-31-46(64-57-23-11-5-17-43(57)27-28-44-18-6-12-24-58(44)64)38-50(47)60(54-36-30-40-14-2-8-20-52(40)62-54)48-34-32-45(37-49(48)59)63-55-21-9-3-15-41(55)25-26-42-16-4-10-22-56(42)63/h1-11,13-23,29-38H,12,24-28H2. The molecule has 0 bridgehead atoms. The van der Waals surface area contributed by atoms with Gasteiger partial charge in [0.25, 0.3) is 0 Å². The molecule has 3 aliphatic rings. The van der Waals surface area contributed by atoms with Crippen LogP contribution in [0.1, 0.15) is 36.0 Å². The number of nitrogens with zero attached hydrogens (tertiary/aromatic N) is 4. The molecule has 0 saturated carbocycles. The van der Waals surface area contributed by atoms with E-state index in [1.165, 1.54) is 45.0 Å². The van der Waals surface area contributed by atoms with Gasteiger partial charge in [0.1, 0.15) is 0 Å². The highest BCUT2D eigenvalue weighted by Crippen LogP contribution is 2.50. The van der Waals surface area contributed by atoms with E-state index in [1.54, 1.807) is 0 Å². The first kappa shape index (κ1) is 36.8. The van der Waals surface area contributed by atoms with Crippen LogP contribution in [0.3, 0.4) is 0 Å². The molecule has 1 aliphatic carbocycles. The van der Waals surface area contributed by atoms with Gasteiger partial charge in [-0.1, -0.05) is 127 Å². The van der Waals surface area contributed by atoms with Gasteiger partial charge in [0, 0.05) is 56.0 Å². The molecule has 0 spiro atoms. The first-order valence-corrected chi connectivity index (χ1v) is 22.7. The number of rotatable bonds is 4. The molecule has 2 aliphatic heterocycles. The molecule has 0 amide bonds. The van der Waals surface area contributed by atoms with Gasteiger partial charge in [-0.05, 0) is 149 Å². The van der Waals surface area contributed by atoms with Gasteiger partial charge in [0.15, 0.2) is 0 Å². The molecule has 64 heavy (non-hydrogen) atoms. The Morgan fingerprint density at radius 3 is 1.41 bits per heavy atom. The summed E-state index contributed by atoms with van der Waals surface area (Å²) in [6.45, 7) is 0. The number of aryl methyl sites for hydroxylation is 3. The molecule has 0 N–H and O–H groups in total. The zero-order valence-electron chi connectivity index (χ0n) is 35.5. The zero-order valence-corrected chi connectivity index (χ0v) is 35.5. The van der Waals surface area contributed by atoms with Crippen LogP contribution in [0.4, 0.5) is 28.4 Å². The second-order valence-electron chi connectivity index (χ2n) is 17.5. The van der Waals surface area contributed by atoms with Crippen molar-refractivity contribution in [3.05, 3.63) is 222 Å². The largest absolute Gasteiger partial charge is 0.314 e. The van der Waals surface area contributed by atoms with E-state index in [9.17, 15) is 0 Å². The van der Waals surface area contributed by atoms with E-state index in [-0.39, 0.29) is 0 Å². The number of aromatic nitrogens is 2. The highest BCUT2D eigenvalue weighted by atomic mass is 15.2. The van der Waals surface area contributed by atoms with Gasteiger partial charge in [-0.3, -0.25) is 0 Å². The normalized spacial score (nSPS) is 14.6. The molecule has 0 saturated heterocycles. The third-order valence-corrected chi connectivity index (χ3v) is 13.8. The van der Waals surface area contributed by atoms with Crippen LogP contribution in [0.5, 0.6) is 0 Å². The molecule has 4 heterocycles. The van der Waals surface area contributed by atoms with Gasteiger partial charge in [0.2, 0.25) is 0 Å². The molecule has 0 radical (unpaired) electrons. The maximum absolute atomic E-state index is 5.47. The molecule has 304 valence electrons. The molecule has 0 atom stereocenters. The Hall–Kier alpha value is -7.82. The first-order valence-electron chi connectivity index (χ1n) is 22.7. The van der Waals surface area contributed by atoms with Crippen molar-refractivity contribution in [2.75, 3.05) is 9.80 Å². The fourth-order valence-electron chi connectivity index (χ4n) is 10.8. The minimum absolute atomic E-state index is 0.954. The average Bonchev–Trinajstić information content (AvgIpc) is 3.63. The molecular weight excluding hydrogens is 777 g/mol. The van der Waals surface area contributed by atoms with Crippen LogP contribution >= 0.6 is 0 Å². The number of hydrogen-bond donors (Lipinski definition) is 0. The number of para-hydroxylation sites is 5. The van der Waals surface area contributed by atoms with Crippen LogP contribution in [0.15, 0.2) is 205 Å². The highest BCUT2D eigenvalue weighted by molar-refractivity contribution is 6.22. The maximum Gasteiger partial charge on any atom is 0.0722 e. The van der Waals surface area contributed by atoms with Crippen LogP contribution in [0.25, 0.3) is 65.9 Å². The van der Waals surface area contributed by atoms with Crippen molar-refractivity contribution in [1.29, 1.82) is 0 Å². The van der Waals surface area contributed by atoms with Gasteiger partial charge < -0.3 is 9.80 Å². The van der Waals surface area contributed by atoms with Crippen molar-refractivity contribution in [2.45, 2.75) is 38.5 Å². The minimum Gasteiger partial charge on any atom is -0.314 e. The van der Waals surface area contributed by atoms with Gasteiger partial charge in [-0.25, -0.2) is 9.97 Å². The Balaban J connectivity index is 1.15. The van der Waals surface area contributed by atoms with Crippen molar-refractivity contribution in [3.8, 4) is 22.5 Å². The van der Waals surface area contributed by atoms with Gasteiger partial charge in [-0.15, -0.1) is 0 Å². The number of pyridine rings is 2. The zero-order chi connectivity index (χ0) is 42.1. The monoisotopic (exact) mass is 820 g/mol. The van der Waals surface area contributed by atoms with Crippen LogP contribution < -0.4 is 9.80 Å². The smallest absolute Gasteiger partial charge is 0.0722 e. The predicted molar refractivity (Wildman–Crippen MR) is 267 cm³/mol. The summed E-state index contributed by atoms with van der Waals surface area (Å²) >= 11 is 0. The lowest BCUT2D eigenvalue weighted by atomic mass is 9.87. The van der Waals surface area contributed by atoms with E-state index in [1.807, 2.05) is 0 Å². The number of benzene rings is 8. The van der Waals surface area contributed by atoms with Crippen molar-refractivity contribution < 1.29 is 0 Å². The maximum atomic E-state index is 5.47. The van der Waals surface area contributed by atoms with E-state index in [2.05, 4.69) is 204 Å². The van der Waals surface area contributed by atoms with Crippen molar-refractivity contribution in [1.82, 2.24) is 9.97 Å². The Morgan fingerprint density at radius 2 is 0.844 bits per heavy atom. The van der Waals surface area contributed by atoms with Crippen molar-refractivity contribution in [3.63, 3.8) is 0 Å². The van der Waals surface area contributed by atoms with E-state index in [0.29, 0.717) is 0 Å². The topological polar surface area (TPSA) is 32.3 Å². The lowest BCUT2D eigenvalue weighted by molar-refractivity contribution is 0.874. The molecular formula is C60H44N4. The Morgan fingerprint density at radius 1 is 0.375 bits per heavy atom. The van der Waals surface area contributed by atoms with Crippen LogP contribution in [0, 0.1) is 0 Å². The SMILES string of the molecule is C1=CC2=C(CC1)N(c1ccc3c(-c4ccc5ccccc5n4)c4cc(N5c6ccccc6CCc6ccccc65)ccc4c(-c4ccc5ccccc5n4)c3c1)c1ccccc1CC2. The first-order chi connectivity index (χ1) is 31.7. The molecule has 8 aromatic carbocycles. The minimum atomic E-state index is 0.954. The van der Waals surface area contributed by atoms with E-state index in [4.69, 9.17) is 9.97 Å². The fourth-order valence-corrected chi connectivity index (χ4v) is 10.8. The number of fused-ring (bicyclic) bond motifs is 7. The number of hydrogen-bond acceptors (Lipinski definition) is 4. The van der Waals surface area contributed by atoms with E-state index in [0.717, 1.165) is 116 Å². The lowest BCUT2D eigenvalue weighted by Crippen LogP contribution is -2.19. The summed E-state index contributed by atoms with van der Waals surface area (Å²) in [6.07, 6.45) is 10.8. The second kappa shape index (κ2) is 14.9. The fraction of sp³-hybridized carbons (Fsp3) is 0.100. The summed E-state index contributed by atoms with van der Waals surface area (Å²) in [4.78, 5) is 16.0. The summed E-state index contributed by atoms with van der Waals surface area (Å²) in [7, 11) is 0. The van der Waals surface area contributed by atoms with Crippen LogP contribution in [-0.2, 0) is 19.3 Å².